The molecule has 3 nitrogen and oxygen atoms in total. The highest BCUT2D eigenvalue weighted by molar-refractivity contribution is 9.10. The van der Waals surface area contributed by atoms with Crippen LogP contribution in [0.2, 0.25) is 0 Å². The van der Waals surface area contributed by atoms with Gasteiger partial charge in [0.25, 0.3) is 5.78 Å². The van der Waals surface area contributed by atoms with Crippen molar-refractivity contribution < 1.29 is 22.7 Å². The molecule has 15 heavy (non-hydrogen) atoms. The second-order valence-corrected chi connectivity index (χ2v) is 3.39. The molecule has 0 aromatic carbocycles. The summed E-state index contributed by atoms with van der Waals surface area (Å²) >= 11 is 2.81. The van der Waals surface area contributed by atoms with Crippen LogP contribution in [0.5, 0.6) is 5.88 Å². The van der Waals surface area contributed by atoms with Crippen molar-refractivity contribution in [3.05, 3.63) is 22.3 Å². The summed E-state index contributed by atoms with van der Waals surface area (Å²) < 4.78 is 41.0. The first-order valence-electron chi connectivity index (χ1n) is 3.67. The summed E-state index contributed by atoms with van der Waals surface area (Å²) in [6.45, 7) is 0. The first-order valence-corrected chi connectivity index (χ1v) is 4.46. The Morgan fingerprint density at radius 2 is 2.13 bits per heavy atom. The third kappa shape index (κ3) is 2.68. The molecule has 0 atom stereocenters. The van der Waals surface area contributed by atoms with Gasteiger partial charge < -0.3 is 4.74 Å². The second kappa shape index (κ2) is 4.18. The van der Waals surface area contributed by atoms with Crippen molar-refractivity contribution in [2.45, 2.75) is 6.18 Å². The number of ketones is 1. The number of rotatable bonds is 2. The van der Waals surface area contributed by atoms with Gasteiger partial charge in [-0.2, -0.15) is 13.2 Å². The molecular formula is C8H5BrF3NO2. The van der Waals surface area contributed by atoms with Crippen molar-refractivity contribution >= 4 is 21.7 Å². The number of hydrogen-bond donors (Lipinski definition) is 0. The molecule has 0 unspecified atom stereocenters. The molecule has 1 rings (SSSR count). The zero-order valence-corrected chi connectivity index (χ0v) is 9.02. The Hall–Kier alpha value is -1.11. The van der Waals surface area contributed by atoms with Gasteiger partial charge in [0.2, 0.25) is 5.88 Å². The minimum Gasteiger partial charge on any atom is -0.481 e. The molecule has 0 saturated heterocycles. The molecule has 0 aliphatic rings. The van der Waals surface area contributed by atoms with Crippen LogP contribution >= 0.6 is 15.9 Å². The van der Waals surface area contributed by atoms with Gasteiger partial charge >= 0.3 is 6.18 Å². The fourth-order valence-corrected chi connectivity index (χ4v) is 1.25. The van der Waals surface area contributed by atoms with E-state index in [4.69, 9.17) is 0 Å². The number of aromatic nitrogens is 1. The Balaban J connectivity index is 3.19. The summed E-state index contributed by atoms with van der Waals surface area (Å²) in [5.41, 5.74) is -0.519. The van der Waals surface area contributed by atoms with Crippen LogP contribution in [0.3, 0.4) is 0 Å². The predicted molar refractivity (Wildman–Crippen MR) is 48.9 cm³/mol. The standard InChI is InChI=1S/C8H5BrF3NO2/c1-15-6-2-4(5(9)3-13-6)7(14)8(10,11)12/h2-3H,1H3. The minimum absolute atomic E-state index is 0.0226. The molecule has 0 bridgehead atoms. The molecule has 0 saturated carbocycles. The number of carbonyl (C=O) groups excluding carboxylic acids is 1. The van der Waals surface area contributed by atoms with Gasteiger partial charge in [-0.1, -0.05) is 0 Å². The molecule has 0 N–H and O–H groups in total. The summed E-state index contributed by atoms with van der Waals surface area (Å²) in [5, 5.41) is 0. The van der Waals surface area contributed by atoms with Gasteiger partial charge in [0.1, 0.15) is 0 Å². The predicted octanol–water partition coefficient (Wildman–Crippen LogP) is 2.60. The first-order chi connectivity index (χ1) is 6.86. The molecule has 1 aromatic heterocycles. The van der Waals surface area contributed by atoms with E-state index in [1.807, 2.05) is 0 Å². The Morgan fingerprint density at radius 3 is 2.60 bits per heavy atom. The van der Waals surface area contributed by atoms with Gasteiger partial charge in [-0.3, -0.25) is 4.79 Å². The van der Waals surface area contributed by atoms with Gasteiger partial charge in [-0.15, -0.1) is 0 Å². The number of methoxy groups -OCH3 is 1. The number of pyridine rings is 1. The zero-order chi connectivity index (χ0) is 11.6. The third-order valence-corrected chi connectivity index (χ3v) is 2.17. The highest BCUT2D eigenvalue weighted by atomic mass is 79.9. The Bertz CT molecular complexity index is 392. The van der Waals surface area contributed by atoms with Crippen LogP contribution in [0.4, 0.5) is 13.2 Å². The maximum Gasteiger partial charge on any atom is 0.454 e. The quantitative estimate of drug-likeness (QED) is 0.783. The zero-order valence-electron chi connectivity index (χ0n) is 7.43. The van der Waals surface area contributed by atoms with Gasteiger partial charge in [0.15, 0.2) is 0 Å². The number of hydrogen-bond acceptors (Lipinski definition) is 3. The van der Waals surface area contributed by atoms with E-state index in [0.29, 0.717) is 0 Å². The fourth-order valence-electron chi connectivity index (χ4n) is 0.858. The Morgan fingerprint density at radius 1 is 1.53 bits per heavy atom. The normalized spacial score (nSPS) is 11.3. The molecule has 82 valence electrons. The second-order valence-electron chi connectivity index (χ2n) is 2.53. The van der Waals surface area contributed by atoms with E-state index in [0.717, 1.165) is 12.3 Å². The average Bonchev–Trinajstić information content (AvgIpc) is 2.16. The number of alkyl halides is 3. The van der Waals surface area contributed by atoms with Gasteiger partial charge in [-0.05, 0) is 15.9 Å². The molecule has 0 amide bonds. The summed E-state index contributed by atoms with van der Waals surface area (Å²) in [6.07, 6.45) is -3.83. The highest BCUT2D eigenvalue weighted by Crippen LogP contribution is 2.27. The van der Waals surface area contributed by atoms with E-state index >= 15 is 0 Å². The molecule has 0 aliphatic heterocycles. The fraction of sp³-hybridized carbons (Fsp3) is 0.250. The number of nitrogens with zero attached hydrogens (tertiary/aromatic N) is 1. The van der Waals surface area contributed by atoms with Crippen LogP contribution in [0.15, 0.2) is 16.7 Å². The summed E-state index contributed by atoms with van der Waals surface area (Å²) in [7, 11) is 1.25. The molecule has 0 radical (unpaired) electrons. The lowest BCUT2D eigenvalue weighted by atomic mass is 10.2. The summed E-state index contributed by atoms with van der Waals surface area (Å²) in [4.78, 5) is 14.6. The maximum absolute atomic E-state index is 12.1. The molecule has 0 fully saturated rings. The van der Waals surface area contributed by atoms with Crippen LogP contribution in [-0.2, 0) is 0 Å². The van der Waals surface area contributed by atoms with E-state index < -0.39 is 17.5 Å². The van der Waals surface area contributed by atoms with Crippen molar-refractivity contribution in [1.29, 1.82) is 0 Å². The molecule has 7 heteroatoms. The van der Waals surface area contributed by atoms with Crippen molar-refractivity contribution in [2.24, 2.45) is 0 Å². The van der Waals surface area contributed by atoms with Crippen LogP contribution in [0, 0.1) is 0 Å². The number of carbonyl (C=O) groups is 1. The topological polar surface area (TPSA) is 39.2 Å². The van der Waals surface area contributed by atoms with Crippen LogP contribution in [0.1, 0.15) is 10.4 Å². The van der Waals surface area contributed by atoms with Crippen LogP contribution < -0.4 is 4.74 Å². The van der Waals surface area contributed by atoms with E-state index in [1.165, 1.54) is 7.11 Å². The lowest BCUT2D eigenvalue weighted by Gasteiger charge is -2.07. The van der Waals surface area contributed by atoms with Crippen molar-refractivity contribution in [1.82, 2.24) is 4.98 Å². The monoisotopic (exact) mass is 283 g/mol. The molecule has 1 heterocycles. The highest BCUT2D eigenvalue weighted by Gasteiger charge is 2.40. The third-order valence-electron chi connectivity index (χ3n) is 1.54. The van der Waals surface area contributed by atoms with Crippen molar-refractivity contribution in [3.63, 3.8) is 0 Å². The lowest BCUT2D eigenvalue weighted by Crippen LogP contribution is -2.23. The molecule has 1 aromatic rings. The Labute approximate surface area is 91.4 Å². The van der Waals surface area contributed by atoms with Crippen molar-refractivity contribution in [3.8, 4) is 5.88 Å². The number of ether oxygens (including phenoxy) is 1. The lowest BCUT2D eigenvalue weighted by molar-refractivity contribution is -0.0885. The smallest absolute Gasteiger partial charge is 0.454 e. The van der Waals surface area contributed by atoms with Gasteiger partial charge in [-0.25, -0.2) is 4.98 Å². The number of Topliss-reactive ketones (excluding diaryl/α,β-unsaturated/α-hetero) is 1. The minimum atomic E-state index is -4.91. The summed E-state index contributed by atoms with van der Waals surface area (Å²) in [5.74, 6) is -1.99. The first kappa shape index (κ1) is 12.0. The van der Waals surface area contributed by atoms with E-state index in [9.17, 15) is 18.0 Å². The SMILES string of the molecule is COc1cc(C(=O)C(F)(F)F)c(Br)cn1. The molecule has 0 spiro atoms. The van der Waals surface area contributed by atoms with Crippen molar-refractivity contribution in [2.75, 3.05) is 7.11 Å². The Kier molecular flexibility index (Phi) is 3.33. The van der Waals surface area contributed by atoms with Gasteiger partial charge in [0, 0.05) is 22.3 Å². The van der Waals surface area contributed by atoms with E-state index in [2.05, 4.69) is 25.7 Å². The van der Waals surface area contributed by atoms with E-state index in [1.54, 1.807) is 0 Å². The van der Waals surface area contributed by atoms with Crippen LogP contribution in [0.25, 0.3) is 0 Å². The van der Waals surface area contributed by atoms with Gasteiger partial charge in [0.05, 0.1) is 7.11 Å². The van der Waals surface area contributed by atoms with E-state index in [-0.39, 0.29) is 10.4 Å². The summed E-state index contributed by atoms with van der Waals surface area (Å²) in [6, 6.07) is 0.930. The maximum atomic E-state index is 12.1. The van der Waals surface area contributed by atoms with Crippen LogP contribution in [-0.4, -0.2) is 24.1 Å². The average molecular weight is 284 g/mol. The molecule has 0 aliphatic carbocycles. The molecular weight excluding hydrogens is 279 g/mol. The number of halogens is 4. The largest absolute Gasteiger partial charge is 0.481 e.